The molecule has 2 heterocycles. The molecule has 2 N–H and O–H groups in total. The summed E-state index contributed by atoms with van der Waals surface area (Å²) < 4.78 is 11.5. The third kappa shape index (κ3) is 4.89. The van der Waals surface area contributed by atoms with Crippen molar-refractivity contribution in [3.8, 4) is 17.6 Å². The lowest BCUT2D eigenvalue weighted by Crippen LogP contribution is -2.03. The summed E-state index contributed by atoms with van der Waals surface area (Å²) in [6, 6.07) is 17.1. The molecule has 0 aliphatic heterocycles. The van der Waals surface area contributed by atoms with E-state index in [4.69, 9.17) is 9.47 Å². The molecule has 0 spiro atoms. The monoisotopic (exact) mass is 453 g/mol. The van der Waals surface area contributed by atoms with Crippen LogP contribution in [0.1, 0.15) is 23.7 Å². The molecular weight excluding hydrogens is 430 g/mol. The molecule has 0 unspecified atom stereocenters. The molecule has 2 aromatic heterocycles. The lowest BCUT2D eigenvalue weighted by Gasteiger charge is -2.16. The highest BCUT2D eigenvalue weighted by molar-refractivity contribution is 6.00. The number of benzene rings is 2. The fraction of sp³-hybridized carbons (Fsp3) is 0.154. The molecule has 0 bridgehead atoms. The summed E-state index contributed by atoms with van der Waals surface area (Å²) in [5, 5.41) is 16.4. The van der Waals surface area contributed by atoms with E-state index in [1.54, 1.807) is 18.3 Å². The average molecular weight is 454 g/mol. The second kappa shape index (κ2) is 10.3. The Hall–Kier alpha value is -4.64. The fourth-order valence-electron chi connectivity index (χ4n) is 3.56. The smallest absolute Gasteiger partial charge is 0.211 e. The minimum atomic E-state index is 0.372. The Morgan fingerprint density at radius 3 is 2.68 bits per heavy atom. The van der Waals surface area contributed by atoms with E-state index in [0.29, 0.717) is 53.2 Å². The predicted octanol–water partition coefficient (Wildman–Crippen LogP) is 5.10. The second-order valence-corrected chi connectivity index (χ2v) is 7.43. The van der Waals surface area contributed by atoms with E-state index in [9.17, 15) is 10.1 Å². The lowest BCUT2D eigenvalue weighted by atomic mass is 10.1. The number of carbonyl (C=O) groups is 1. The number of hydrogen-bond donors (Lipinski definition) is 2. The van der Waals surface area contributed by atoms with Gasteiger partial charge < -0.3 is 20.1 Å². The Balaban J connectivity index is 1.66. The molecular formula is C26H23N5O3. The van der Waals surface area contributed by atoms with Gasteiger partial charge in [0.15, 0.2) is 0 Å². The molecule has 4 rings (SSSR count). The molecule has 8 nitrogen and oxygen atoms in total. The van der Waals surface area contributed by atoms with Crippen LogP contribution in [0.3, 0.4) is 0 Å². The Bertz CT molecular complexity index is 1370. The van der Waals surface area contributed by atoms with E-state index >= 15 is 0 Å². The summed E-state index contributed by atoms with van der Waals surface area (Å²) in [6.07, 6.45) is 3.84. The number of rotatable bonds is 9. The lowest BCUT2D eigenvalue weighted by molar-refractivity contribution is -0.105. The molecule has 0 aliphatic rings. The standard InChI is InChI=1S/C26H23N5O3/c1-3-33-25-12-22-21(11-23(25)30-16-32)26(18(13-27)14-29-22)31-19-7-8-24(17(2)10-19)34-15-20-6-4-5-9-28-20/h4-12,14,16H,3,15H2,1-2H3,(H,29,31)(H,30,32). The van der Waals surface area contributed by atoms with E-state index in [0.717, 1.165) is 22.7 Å². The van der Waals surface area contributed by atoms with Crippen molar-refractivity contribution >= 4 is 34.4 Å². The number of nitrogens with zero attached hydrogens (tertiary/aromatic N) is 3. The second-order valence-electron chi connectivity index (χ2n) is 7.43. The van der Waals surface area contributed by atoms with Gasteiger partial charge in [0.2, 0.25) is 6.41 Å². The topological polar surface area (TPSA) is 109 Å². The molecule has 4 aromatic rings. The molecule has 0 saturated carbocycles. The van der Waals surface area contributed by atoms with Crippen LogP contribution in [-0.2, 0) is 11.4 Å². The van der Waals surface area contributed by atoms with Crippen molar-refractivity contribution < 1.29 is 14.3 Å². The van der Waals surface area contributed by atoms with E-state index in [1.807, 2.05) is 50.2 Å². The van der Waals surface area contributed by atoms with Crippen LogP contribution in [0.4, 0.5) is 17.1 Å². The van der Waals surface area contributed by atoms with Crippen molar-refractivity contribution in [1.82, 2.24) is 9.97 Å². The highest BCUT2D eigenvalue weighted by Crippen LogP contribution is 2.36. The first-order valence-corrected chi connectivity index (χ1v) is 10.7. The van der Waals surface area contributed by atoms with Crippen molar-refractivity contribution in [2.24, 2.45) is 0 Å². The minimum Gasteiger partial charge on any atom is -0.492 e. The van der Waals surface area contributed by atoms with Gasteiger partial charge in [-0.15, -0.1) is 0 Å². The Morgan fingerprint density at radius 2 is 1.97 bits per heavy atom. The van der Waals surface area contributed by atoms with Gasteiger partial charge in [0.05, 0.1) is 34.8 Å². The number of pyridine rings is 2. The van der Waals surface area contributed by atoms with Crippen molar-refractivity contribution in [3.05, 3.63) is 77.7 Å². The molecule has 0 aliphatic carbocycles. The van der Waals surface area contributed by atoms with E-state index in [-0.39, 0.29) is 0 Å². The van der Waals surface area contributed by atoms with Crippen LogP contribution >= 0.6 is 0 Å². The van der Waals surface area contributed by atoms with Gasteiger partial charge in [0, 0.05) is 29.5 Å². The van der Waals surface area contributed by atoms with Gasteiger partial charge in [-0.05, 0) is 55.8 Å². The third-order valence-electron chi connectivity index (χ3n) is 5.15. The maximum Gasteiger partial charge on any atom is 0.211 e. The zero-order chi connectivity index (χ0) is 23.9. The zero-order valence-electron chi connectivity index (χ0n) is 18.8. The largest absolute Gasteiger partial charge is 0.492 e. The molecule has 0 radical (unpaired) electrons. The summed E-state index contributed by atoms with van der Waals surface area (Å²) in [5.41, 5.74) is 4.66. The summed E-state index contributed by atoms with van der Waals surface area (Å²) in [5.74, 6) is 1.26. The quantitative estimate of drug-likeness (QED) is 0.339. The van der Waals surface area contributed by atoms with Crippen molar-refractivity contribution in [2.45, 2.75) is 20.5 Å². The number of aromatic nitrogens is 2. The Kier molecular flexibility index (Phi) is 6.84. The molecule has 0 saturated heterocycles. The SMILES string of the molecule is CCOc1cc2ncc(C#N)c(Nc3ccc(OCc4ccccn4)c(C)c3)c2cc1NC=O. The first kappa shape index (κ1) is 22.6. The summed E-state index contributed by atoms with van der Waals surface area (Å²) >= 11 is 0. The molecule has 170 valence electrons. The van der Waals surface area contributed by atoms with Crippen LogP contribution in [-0.4, -0.2) is 23.0 Å². The Morgan fingerprint density at radius 1 is 1.09 bits per heavy atom. The fourth-order valence-corrected chi connectivity index (χ4v) is 3.56. The maximum atomic E-state index is 11.1. The van der Waals surface area contributed by atoms with Crippen molar-refractivity contribution in [1.29, 1.82) is 5.26 Å². The predicted molar refractivity (Wildman–Crippen MR) is 130 cm³/mol. The van der Waals surface area contributed by atoms with Gasteiger partial charge >= 0.3 is 0 Å². The van der Waals surface area contributed by atoms with Crippen molar-refractivity contribution in [3.63, 3.8) is 0 Å². The number of fused-ring (bicyclic) bond motifs is 1. The van der Waals surface area contributed by atoms with Gasteiger partial charge in [-0.3, -0.25) is 14.8 Å². The molecule has 2 aromatic carbocycles. The van der Waals surface area contributed by atoms with Crippen LogP contribution in [0.5, 0.6) is 11.5 Å². The van der Waals surface area contributed by atoms with E-state index < -0.39 is 0 Å². The molecule has 34 heavy (non-hydrogen) atoms. The number of amides is 1. The third-order valence-corrected chi connectivity index (χ3v) is 5.15. The van der Waals surface area contributed by atoms with Gasteiger partial charge in [-0.1, -0.05) is 6.07 Å². The summed E-state index contributed by atoms with van der Waals surface area (Å²) in [4.78, 5) is 19.8. The zero-order valence-corrected chi connectivity index (χ0v) is 18.8. The van der Waals surface area contributed by atoms with Crippen LogP contribution in [0.15, 0.2) is 60.9 Å². The number of nitrogens with one attached hydrogen (secondary N) is 2. The first-order valence-electron chi connectivity index (χ1n) is 10.7. The average Bonchev–Trinajstić information content (AvgIpc) is 2.85. The molecule has 0 fully saturated rings. The van der Waals surface area contributed by atoms with E-state index in [2.05, 4.69) is 26.7 Å². The van der Waals surface area contributed by atoms with Gasteiger partial charge in [0.1, 0.15) is 24.2 Å². The normalized spacial score (nSPS) is 10.4. The highest BCUT2D eigenvalue weighted by Gasteiger charge is 2.14. The molecule has 0 atom stereocenters. The minimum absolute atomic E-state index is 0.372. The van der Waals surface area contributed by atoms with Crippen molar-refractivity contribution in [2.75, 3.05) is 17.2 Å². The number of aryl methyl sites for hydroxylation is 1. The Labute approximate surface area is 197 Å². The number of anilines is 3. The highest BCUT2D eigenvalue weighted by atomic mass is 16.5. The summed E-state index contributed by atoms with van der Waals surface area (Å²) in [7, 11) is 0. The van der Waals surface area contributed by atoms with Gasteiger partial charge in [-0.2, -0.15) is 5.26 Å². The van der Waals surface area contributed by atoms with Gasteiger partial charge in [-0.25, -0.2) is 0 Å². The summed E-state index contributed by atoms with van der Waals surface area (Å²) in [6.45, 7) is 4.63. The van der Waals surface area contributed by atoms with Crippen LogP contribution in [0.25, 0.3) is 10.9 Å². The maximum absolute atomic E-state index is 11.1. The number of carbonyl (C=O) groups excluding carboxylic acids is 1. The number of ether oxygens (including phenoxy) is 2. The van der Waals surface area contributed by atoms with Crippen LogP contribution in [0.2, 0.25) is 0 Å². The van der Waals surface area contributed by atoms with Crippen LogP contribution < -0.4 is 20.1 Å². The molecule has 1 amide bonds. The van der Waals surface area contributed by atoms with E-state index in [1.165, 1.54) is 6.20 Å². The van der Waals surface area contributed by atoms with Crippen LogP contribution in [0, 0.1) is 18.3 Å². The number of nitriles is 1. The molecule has 8 heteroatoms. The number of hydrogen-bond acceptors (Lipinski definition) is 7. The van der Waals surface area contributed by atoms with Gasteiger partial charge in [0.25, 0.3) is 0 Å². The first-order chi connectivity index (χ1) is 16.6.